The summed E-state index contributed by atoms with van der Waals surface area (Å²) in [5, 5.41) is 9.13. The van der Waals surface area contributed by atoms with Gasteiger partial charge in [0, 0.05) is 19.8 Å². The fraction of sp³-hybridized carbons (Fsp3) is 0.846. The summed E-state index contributed by atoms with van der Waals surface area (Å²) in [6.07, 6.45) is 13.1. The van der Waals surface area contributed by atoms with Crippen LogP contribution in [0.1, 0.15) is 91.9 Å². The maximum Gasteiger partial charge on any atom is 0.303 e. The maximum absolute atomic E-state index is 11.4. The van der Waals surface area contributed by atoms with Crippen molar-refractivity contribution in [3.8, 4) is 0 Å². The van der Waals surface area contributed by atoms with Gasteiger partial charge in [0.1, 0.15) is 6.10 Å². The average molecular weight is 417 g/mol. The first-order valence-electron chi connectivity index (χ1n) is 12.2. The van der Waals surface area contributed by atoms with Crippen molar-refractivity contribution in [3.63, 3.8) is 0 Å². The van der Waals surface area contributed by atoms with Gasteiger partial charge in [0.05, 0.1) is 0 Å². The van der Waals surface area contributed by atoms with Gasteiger partial charge in [0.2, 0.25) is 0 Å². The van der Waals surface area contributed by atoms with Gasteiger partial charge in [0.15, 0.2) is 0 Å². The van der Waals surface area contributed by atoms with Crippen molar-refractivity contribution in [1.82, 2.24) is 0 Å². The number of carboxylic acids is 1. The van der Waals surface area contributed by atoms with E-state index in [9.17, 15) is 9.59 Å². The molecular weight excluding hydrogens is 376 g/mol. The molecule has 8 atom stereocenters. The maximum atomic E-state index is 11.4. The van der Waals surface area contributed by atoms with Crippen molar-refractivity contribution in [2.75, 3.05) is 0 Å². The van der Waals surface area contributed by atoms with Gasteiger partial charge >= 0.3 is 11.9 Å². The highest BCUT2D eigenvalue weighted by Gasteiger charge is 2.59. The van der Waals surface area contributed by atoms with Gasteiger partial charge in [-0.1, -0.05) is 32.4 Å². The largest absolute Gasteiger partial charge is 0.481 e. The third-order valence-electron chi connectivity index (χ3n) is 9.97. The lowest BCUT2D eigenvalue weighted by Gasteiger charge is -2.58. The minimum atomic E-state index is -0.660. The Kier molecular flexibility index (Phi) is 5.83. The van der Waals surface area contributed by atoms with Crippen LogP contribution in [0.25, 0.3) is 0 Å². The van der Waals surface area contributed by atoms with E-state index in [0.717, 1.165) is 43.4 Å². The third-order valence-corrected chi connectivity index (χ3v) is 9.97. The van der Waals surface area contributed by atoms with E-state index >= 15 is 0 Å². The molecule has 4 rings (SSSR count). The normalized spacial score (nSPS) is 43.6. The molecule has 3 fully saturated rings. The van der Waals surface area contributed by atoms with Crippen LogP contribution in [-0.4, -0.2) is 23.1 Å². The van der Waals surface area contributed by atoms with Gasteiger partial charge in [0.25, 0.3) is 0 Å². The first-order chi connectivity index (χ1) is 14.1. The summed E-state index contributed by atoms with van der Waals surface area (Å²) in [6.45, 7) is 8.84. The fourth-order valence-electron chi connectivity index (χ4n) is 8.49. The molecule has 0 aromatic carbocycles. The molecule has 0 spiro atoms. The van der Waals surface area contributed by atoms with Crippen LogP contribution in [0.5, 0.6) is 0 Å². The van der Waals surface area contributed by atoms with Crippen LogP contribution in [0.15, 0.2) is 11.6 Å². The zero-order valence-electron chi connectivity index (χ0n) is 19.3. The molecule has 4 aliphatic carbocycles. The smallest absolute Gasteiger partial charge is 0.303 e. The van der Waals surface area contributed by atoms with Crippen LogP contribution < -0.4 is 0 Å². The lowest BCUT2D eigenvalue weighted by Crippen LogP contribution is -2.51. The van der Waals surface area contributed by atoms with Crippen LogP contribution in [0.3, 0.4) is 0 Å². The van der Waals surface area contributed by atoms with Crippen molar-refractivity contribution in [2.24, 2.45) is 40.4 Å². The van der Waals surface area contributed by atoms with Gasteiger partial charge in [-0.3, -0.25) is 9.59 Å². The Hall–Kier alpha value is -1.32. The topological polar surface area (TPSA) is 63.6 Å². The monoisotopic (exact) mass is 416 g/mol. The molecule has 3 saturated carbocycles. The lowest BCUT2D eigenvalue weighted by molar-refractivity contribution is -0.148. The standard InChI is InChI=1S/C26H40O4/c1-16(5-10-24(28)29)21-8-9-22-20-7-6-18-15-19(30-17(2)27)11-13-25(18,3)23(20)12-14-26(21,22)4/h6,16,19-23H,5,7-15H2,1-4H3,(H,28,29)/t16?,19?,20?,21-,22?,23?,25+,26-/m1/s1. The number of allylic oxidation sites excluding steroid dienone is 1. The van der Waals surface area contributed by atoms with Gasteiger partial charge < -0.3 is 9.84 Å². The molecule has 0 aromatic rings. The van der Waals surface area contributed by atoms with E-state index < -0.39 is 5.97 Å². The summed E-state index contributed by atoms with van der Waals surface area (Å²) in [7, 11) is 0. The second-order valence-corrected chi connectivity index (χ2v) is 11.4. The zero-order chi connectivity index (χ0) is 21.7. The molecular formula is C26H40O4. The van der Waals surface area contributed by atoms with Crippen LogP contribution in [-0.2, 0) is 14.3 Å². The van der Waals surface area contributed by atoms with E-state index in [1.807, 2.05) is 0 Å². The molecule has 0 aliphatic heterocycles. The molecule has 0 bridgehead atoms. The zero-order valence-corrected chi connectivity index (χ0v) is 19.3. The van der Waals surface area contributed by atoms with Crippen molar-refractivity contribution in [2.45, 2.75) is 98.0 Å². The van der Waals surface area contributed by atoms with Crippen LogP contribution >= 0.6 is 0 Å². The lowest BCUT2D eigenvalue weighted by atomic mass is 9.47. The SMILES string of the molecule is CC(=O)OC1CC[C@@]2(C)C(=CCC3C2CC[C@@]2(C)C3CC[C@@H]2C(C)CCC(=O)O)C1. The predicted octanol–water partition coefficient (Wildman–Crippen LogP) is 6.00. The predicted molar refractivity (Wildman–Crippen MR) is 117 cm³/mol. The van der Waals surface area contributed by atoms with E-state index in [1.165, 1.54) is 39.0 Å². The van der Waals surface area contributed by atoms with Crippen LogP contribution in [0.4, 0.5) is 0 Å². The van der Waals surface area contributed by atoms with Gasteiger partial charge in [-0.2, -0.15) is 0 Å². The van der Waals surface area contributed by atoms with E-state index in [2.05, 4.69) is 26.8 Å². The van der Waals surface area contributed by atoms with Gasteiger partial charge in [-0.05, 0) is 91.8 Å². The number of esters is 1. The molecule has 1 N–H and O–H groups in total. The van der Waals surface area contributed by atoms with Crippen molar-refractivity contribution >= 4 is 11.9 Å². The number of carbonyl (C=O) groups is 2. The number of carbonyl (C=O) groups excluding carboxylic acids is 1. The first kappa shape index (κ1) is 21.9. The number of hydrogen-bond donors (Lipinski definition) is 1. The van der Waals surface area contributed by atoms with Crippen molar-refractivity contribution in [3.05, 3.63) is 11.6 Å². The molecule has 168 valence electrons. The molecule has 0 amide bonds. The Morgan fingerprint density at radius 3 is 2.63 bits per heavy atom. The number of aliphatic carboxylic acids is 1. The number of carboxylic acid groups (broad SMARTS) is 1. The Morgan fingerprint density at radius 1 is 1.17 bits per heavy atom. The quantitative estimate of drug-likeness (QED) is 0.441. The average Bonchev–Trinajstić information content (AvgIpc) is 3.03. The van der Waals surface area contributed by atoms with Gasteiger partial charge in [-0.25, -0.2) is 0 Å². The van der Waals surface area contributed by atoms with E-state index in [4.69, 9.17) is 9.84 Å². The molecule has 4 nitrogen and oxygen atoms in total. The first-order valence-corrected chi connectivity index (χ1v) is 12.2. The molecule has 0 heterocycles. The second kappa shape index (κ2) is 7.98. The summed E-state index contributed by atoms with van der Waals surface area (Å²) in [4.78, 5) is 22.5. The number of rotatable bonds is 5. The number of fused-ring (bicyclic) bond motifs is 5. The highest BCUT2D eigenvalue weighted by Crippen LogP contribution is 2.67. The summed E-state index contributed by atoms with van der Waals surface area (Å²) >= 11 is 0. The summed E-state index contributed by atoms with van der Waals surface area (Å²) < 4.78 is 5.57. The van der Waals surface area contributed by atoms with Crippen LogP contribution in [0, 0.1) is 40.4 Å². The summed E-state index contributed by atoms with van der Waals surface area (Å²) in [5.41, 5.74) is 2.19. The van der Waals surface area contributed by atoms with Crippen molar-refractivity contribution in [1.29, 1.82) is 0 Å². The Bertz CT molecular complexity index is 727. The number of ether oxygens (including phenoxy) is 1. The van der Waals surface area contributed by atoms with E-state index in [-0.39, 0.29) is 17.5 Å². The Morgan fingerprint density at radius 2 is 1.93 bits per heavy atom. The molecule has 5 unspecified atom stereocenters. The third kappa shape index (κ3) is 3.62. The van der Waals surface area contributed by atoms with Crippen molar-refractivity contribution < 1.29 is 19.4 Å². The molecule has 30 heavy (non-hydrogen) atoms. The minimum Gasteiger partial charge on any atom is -0.481 e. The number of hydrogen-bond acceptors (Lipinski definition) is 3. The minimum absolute atomic E-state index is 0.0678. The molecule has 0 radical (unpaired) electrons. The Balaban J connectivity index is 1.51. The van der Waals surface area contributed by atoms with E-state index in [0.29, 0.717) is 23.7 Å². The van der Waals surface area contributed by atoms with Crippen LogP contribution in [0.2, 0.25) is 0 Å². The van der Waals surface area contributed by atoms with Gasteiger partial charge in [-0.15, -0.1) is 0 Å². The molecule has 4 aliphatic rings. The second-order valence-electron chi connectivity index (χ2n) is 11.4. The highest BCUT2D eigenvalue weighted by molar-refractivity contribution is 5.66. The molecule has 0 aromatic heterocycles. The Labute approximate surface area is 181 Å². The fourth-order valence-corrected chi connectivity index (χ4v) is 8.49. The summed E-state index contributed by atoms with van der Waals surface area (Å²) in [5.74, 6) is 2.64. The molecule has 0 saturated heterocycles. The molecule has 4 heteroatoms. The highest BCUT2D eigenvalue weighted by atomic mass is 16.5. The summed E-state index contributed by atoms with van der Waals surface area (Å²) in [6, 6.07) is 0. The van der Waals surface area contributed by atoms with E-state index in [1.54, 1.807) is 5.57 Å².